The molecule has 118 valence electrons. The van der Waals surface area contributed by atoms with E-state index in [0.717, 1.165) is 0 Å². The smallest absolute Gasteiger partial charge is 0.289 e. The van der Waals surface area contributed by atoms with Crippen molar-refractivity contribution in [3.05, 3.63) is 59.0 Å². The van der Waals surface area contributed by atoms with Crippen LogP contribution in [0.5, 0.6) is 0 Å². The number of amides is 1. The molecule has 1 amide bonds. The number of hydrogen-bond acceptors (Lipinski definition) is 3. The fraction of sp³-hybridized carbons (Fsp3) is 0.312. The van der Waals surface area contributed by atoms with Crippen LogP contribution >= 0.6 is 24.0 Å². The van der Waals surface area contributed by atoms with Gasteiger partial charge in [-0.1, -0.05) is 30.3 Å². The van der Waals surface area contributed by atoms with E-state index in [0.29, 0.717) is 19.6 Å². The van der Waals surface area contributed by atoms with Gasteiger partial charge >= 0.3 is 0 Å². The average Bonchev–Trinajstić information content (AvgIpc) is 3.13. The Morgan fingerprint density at radius 3 is 2.55 bits per heavy atom. The van der Waals surface area contributed by atoms with Gasteiger partial charge in [-0.25, -0.2) is 0 Å². The second-order valence-corrected chi connectivity index (χ2v) is 5.70. The third-order valence-corrected chi connectivity index (χ3v) is 4.25. The van der Waals surface area contributed by atoms with Gasteiger partial charge in [0, 0.05) is 19.0 Å². The number of carbonyl (C=O) groups is 1. The van der Waals surface area contributed by atoms with Crippen molar-refractivity contribution in [3.8, 4) is 0 Å². The van der Waals surface area contributed by atoms with Crippen molar-refractivity contribution in [1.82, 2.24) is 4.90 Å². The first kappa shape index (κ1) is 16.9. The molecule has 0 bridgehead atoms. The maximum atomic E-state index is 12.4. The predicted molar refractivity (Wildman–Crippen MR) is 88.6 cm³/mol. The Balaban J connectivity index is 0.00000176. The van der Waals surface area contributed by atoms with Crippen molar-refractivity contribution in [3.63, 3.8) is 0 Å². The minimum absolute atomic E-state index is 0. The van der Waals surface area contributed by atoms with E-state index >= 15 is 0 Å². The molecule has 0 saturated carbocycles. The highest BCUT2D eigenvalue weighted by Crippen LogP contribution is 2.33. The van der Waals surface area contributed by atoms with E-state index in [1.807, 2.05) is 18.2 Å². The minimum Gasteiger partial charge on any atom is -0.440 e. The Hall–Kier alpha value is -1.49. The average molecular weight is 341 g/mol. The molecule has 6 heteroatoms. The molecule has 0 radical (unpaired) electrons. The van der Waals surface area contributed by atoms with Gasteiger partial charge in [0.25, 0.3) is 5.91 Å². The van der Waals surface area contributed by atoms with Crippen LogP contribution < -0.4 is 5.73 Å². The third-order valence-electron chi connectivity index (χ3n) is 4.04. The molecule has 2 N–H and O–H groups in total. The molecule has 1 aromatic carbocycles. The maximum Gasteiger partial charge on any atom is 0.289 e. The summed E-state index contributed by atoms with van der Waals surface area (Å²) in [7, 11) is 0. The molecule has 2 heterocycles. The largest absolute Gasteiger partial charge is 0.440 e. The highest BCUT2D eigenvalue weighted by atomic mass is 35.5. The third kappa shape index (κ3) is 3.29. The molecule has 1 aromatic heterocycles. The summed E-state index contributed by atoms with van der Waals surface area (Å²) < 4.78 is 5.21. The van der Waals surface area contributed by atoms with Gasteiger partial charge in [0.1, 0.15) is 0 Å². The predicted octanol–water partition coefficient (Wildman–Crippen LogP) is 3.17. The zero-order valence-electron chi connectivity index (χ0n) is 11.9. The van der Waals surface area contributed by atoms with Crippen LogP contribution in [-0.2, 0) is 0 Å². The number of nitrogens with zero attached hydrogens (tertiary/aromatic N) is 1. The fourth-order valence-corrected chi connectivity index (χ4v) is 3.08. The Bertz CT molecular complexity index is 630. The summed E-state index contributed by atoms with van der Waals surface area (Å²) in [6, 6.07) is 13.4. The zero-order valence-corrected chi connectivity index (χ0v) is 13.5. The van der Waals surface area contributed by atoms with Crippen LogP contribution in [0, 0.1) is 5.92 Å². The van der Waals surface area contributed by atoms with Crippen LogP contribution in [0.2, 0.25) is 5.22 Å². The highest BCUT2D eigenvalue weighted by Gasteiger charge is 2.36. The van der Waals surface area contributed by atoms with Crippen LogP contribution in [-0.4, -0.2) is 30.4 Å². The standard InChI is InChI=1S/C16H17ClN2O2.ClH/c17-15-7-6-14(21-15)16(20)19-9-12(8-18)13(10-19)11-4-2-1-3-5-11;/h1-7,12-13H,8-10,18H2;1H/t12-,13+;/m1./s1. The number of likely N-dealkylation sites (tertiary alicyclic amines) is 1. The summed E-state index contributed by atoms with van der Waals surface area (Å²) in [5.41, 5.74) is 7.11. The molecule has 2 atom stereocenters. The SMILES string of the molecule is Cl.NC[C@@H]1CN(C(=O)c2ccc(Cl)o2)C[C@H]1c1ccccc1. The van der Waals surface area contributed by atoms with Crippen LogP contribution in [0.1, 0.15) is 22.0 Å². The molecular weight excluding hydrogens is 323 g/mol. The molecule has 1 aliphatic heterocycles. The summed E-state index contributed by atoms with van der Waals surface area (Å²) in [5, 5.41) is 0.229. The highest BCUT2D eigenvalue weighted by molar-refractivity contribution is 6.29. The number of hydrogen-bond donors (Lipinski definition) is 1. The van der Waals surface area contributed by atoms with Gasteiger partial charge in [0.05, 0.1) is 0 Å². The van der Waals surface area contributed by atoms with E-state index < -0.39 is 0 Å². The Morgan fingerprint density at radius 1 is 1.23 bits per heavy atom. The summed E-state index contributed by atoms with van der Waals surface area (Å²) in [4.78, 5) is 14.2. The zero-order chi connectivity index (χ0) is 14.8. The number of benzene rings is 1. The molecule has 2 aromatic rings. The topological polar surface area (TPSA) is 59.5 Å². The number of rotatable bonds is 3. The molecule has 0 spiro atoms. The van der Waals surface area contributed by atoms with Crippen molar-refractivity contribution in [1.29, 1.82) is 0 Å². The van der Waals surface area contributed by atoms with E-state index in [1.165, 1.54) is 5.56 Å². The summed E-state index contributed by atoms with van der Waals surface area (Å²) >= 11 is 5.73. The molecule has 1 saturated heterocycles. The lowest BCUT2D eigenvalue weighted by Gasteiger charge is -2.16. The number of carbonyl (C=O) groups excluding carboxylic acids is 1. The van der Waals surface area contributed by atoms with Gasteiger partial charge in [-0.15, -0.1) is 12.4 Å². The first-order chi connectivity index (χ1) is 10.2. The van der Waals surface area contributed by atoms with E-state index in [4.69, 9.17) is 21.8 Å². The summed E-state index contributed by atoms with van der Waals surface area (Å²) in [6.45, 7) is 1.86. The lowest BCUT2D eigenvalue weighted by Crippen LogP contribution is -2.29. The van der Waals surface area contributed by atoms with Gasteiger partial charge < -0.3 is 15.1 Å². The van der Waals surface area contributed by atoms with E-state index in [-0.39, 0.29) is 41.1 Å². The van der Waals surface area contributed by atoms with Crippen molar-refractivity contribution in [2.45, 2.75) is 5.92 Å². The molecular formula is C16H18Cl2N2O2. The van der Waals surface area contributed by atoms with Crippen LogP contribution in [0.15, 0.2) is 46.9 Å². The first-order valence-electron chi connectivity index (χ1n) is 6.98. The van der Waals surface area contributed by atoms with Gasteiger partial charge in [-0.05, 0) is 41.8 Å². The van der Waals surface area contributed by atoms with E-state index in [2.05, 4.69) is 12.1 Å². The monoisotopic (exact) mass is 340 g/mol. The first-order valence-corrected chi connectivity index (χ1v) is 7.36. The molecule has 0 aliphatic carbocycles. The number of halogens is 2. The van der Waals surface area contributed by atoms with Gasteiger partial charge in [-0.3, -0.25) is 4.79 Å². The fourth-order valence-electron chi connectivity index (χ4n) is 2.94. The Kier molecular flexibility index (Phi) is 5.51. The van der Waals surface area contributed by atoms with Crippen molar-refractivity contribution < 1.29 is 9.21 Å². The summed E-state index contributed by atoms with van der Waals surface area (Å²) in [5.74, 6) is 0.690. The van der Waals surface area contributed by atoms with Gasteiger partial charge in [0.15, 0.2) is 11.0 Å². The minimum atomic E-state index is -0.126. The lowest BCUT2D eigenvalue weighted by atomic mass is 9.89. The lowest BCUT2D eigenvalue weighted by molar-refractivity contribution is 0.0755. The quantitative estimate of drug-likeness (QED) is 0.933. The molecule has 22 heavy (non-hydrogen) atoms. The second-order valence-electron chi connectivity index (χ2n) is 5.33. The molecule has 0 unspecified atom stereocenters. The second kappa shape index (κ2) is 7.18. The molecule has 1 aliphatic rings. The van der Waals surface area contributed by atoms with Gasteiger partial charge in [0.2, 0.25) is 0 Å². The molecule has 4 nitrogen and oxygen atoms in total. The molecule has 1 fully saturated rings. The van der Waals surface area contributed by atoms with Crippen LogP contribution in [0.3, 0.4) is 0 Å². The van der Waals surface area contributed by atoms with Crippen molar-refractivity contribution in [2.75, 3.05) is 19.6 Å². The van der Waals surface area contributed by atoms with E-state index in [1.54, 1.807) is 17.0 Å². The van der Waals surface area contributed by atoms with E-state index in [9.17, 15) is 4.79 Å². The van der Waals surface area contributed by atoms with Crippen LogP contribution in [0.25, 0.3) is 0 Å². The van der Waals surface area contributed by atoms with Crippen molar-refractivity contribution in [2.24, 2.45) is 11.7 Å². The summed E-state index contributed by atoms with van der Waals surface area (Å²) in [6.07, 6.45) is 0. The Labute approximate surface area is 140 Å². The van der Waals surface area contributed by atoms with Crippen molar-refractivity contribution >= 4 is 29.9 Å². The number of nitrogens with two attached hydrogens (primary N) is 1. The van der Waals surface area contributed by atoms with Gasteiger partial charge in [-0.2, -0.15) is 0 Å². The Morgan fingerprint density at radius 2 is 1.95 bits per heavy atom. The maximum absolute atomic E-state index is 12.4. The van der Waals surface area contributed by atoms with Crippen LogP contribution in [0.4, 0.5) is 0 Å². The molecule has 3 rings (SSSR count). The normalized spacial score (nSPS) is 20.7. The number of furan rings is 1.